The predicted octanol–water partition coefficient (Wildman–Crippen LogP) is 3.55. The highest BCUT2D eigenvalue weighted by Crippen LogP contribution is 2.13. The van der Waals surface area contributed by atoms with Crippen molar-refractivity contribution >= 4 is 0 Å². The molecule has 0 aromatic rings. The van der Waals surface area contributed by atoms with Crippen molar-refractivity contribution in [2.75, 3.05) is 0 Å². The minimum Gasteiger partial charge on any atom is -0.386 e. The molecule has 3 heteroatoms. The van der Waals surface area contributed by atoms with E-state index in [4.69, 9.17) is 10.2 Å². The molecule has 0 aliphatic heterocycles. The fourth-order valence-electron chi connectivity index (χ4n) is 1.33. The first-order valence-electron chi connectivity index (χ1n) is 7.10. The van der Waals surface area contributed by atoms with Crippen LogP contribution in [-0.4, -0.2) is 27.2 Å². The summed E-state index contributed by atoms with van der Waals surface area (Å²) in [4.78, 5) is 0. The first-order chi connectivity index (χ1) is 8.75. The monoisotopic (exact) mass is 272 g/mol. The van der Waals surface area contributed by atoms with Crippen molar-refractivity contribution in [3.63, 3.8) is 0 Å². The second-order valence-corrected chi connectivity index (χ2v) is 5.36. The lowest BCUT2D eigenvalue weighted by Gasteiger charge is -2.16. The van der Waals surface area contributed by atoms with Crippen LogP contribution >= 0.6 is 0 Å². The molecule has 0 fully saturated rings. The maximum atomic E-state index is 9.49. The molecule has 0 spiro atoms. The van der Waals surface area contributed by atoms with E-state index in [1.165, 1.54) is 5.57 Å². The van der Waals surface area contributed by atoms with Crippen molar-refractivity contribution in [3.8, 4) is 0 Å². The number of unbranched alkanes of at least 4 members (excludes halogenated alkanes) is 2. The molecule has 0 saturated carbocycles. The van der Waals surface area contributed by atoms with Gasteiger partial charge in [0.1, 0.15) is 0 Å². The van der Waals surface area contributed by atoms with E-state index < -0.39 is 11.9 Å². The Balaban J connectivity index is 0. The van der Waals surface area contributed by atoms with Gasteiger partial charge in [-0.1, -0.05) is 37.5 Å². The van der Waals surface area contributed by atoms with E-state index >= 15 is 0 Å². The number of aliphatic hydroxyl groups excluding tert-OH is 1. The normalized spacial score (nSPS) is 13.3. The average Bonchev–Trinajstić information content (AvgIpc) is 2.29. The maximum Gasteiger partial charge on any atom is 0.151 e. The standard InChI is InChI=1S/C10H18O.C6H14O2/c1-5-10(4,11)8-6-7-9(2)3;1-2-3-4-5-6(7)8/h5,7,11H,1,6,8H2,2-4H3;6-8H,2-5H2,1H3. The molecule has 0 saturated heterocycles. The van der Waals surface area contributed by atoms with Crippen LogP contribution in [0.2, 0.25) is 0 Å². The zero-order chi connectivity index (χ0) is 15.3. The molecular weight excluding hydrogens is 240 g/mol. The van der Waals surface area contributed by atoms with Crippen LogP contribution in [0.15, 0.2) is 24.3 Å². The molecule has 0 rings (SSSR count). The van der Waals surface area contributed by atoms with Crippen LogP contribution in [0.1, 0.15) is 66.2 Å². The summed E-state index contributed by atoms with van der Waals surface area (Å²) in [5.41, 5.74) is 0.594. The molecular formula is C16H32O3. The van der Waals surface area contributed by atoms with Crippen molar-refractivity contribution in [3.05, 3.63) is 24.3 Å². The Morgan fingerprint density at radius 2 is 1.84 bits per heavy atom. The Hall–Kier alpha value is -0.640. The fourth-order valence-corrected chi connectivity index (χ4v) is 1.33. The van der Waals surface area contributed by atoms with Crippen molar-refractivity contribution in [1.82, 2.24) is 0 Å². The van der Waals surface area contributed by atoms with Crippen molar-refractivity contribution in [2.45, 2.75) is 78.1 Å². The Labute approximate surface area is 118 Å². The second-order valence-electron chi connectivity index (χ2n) is 5.36. The van der Waals surface area contributed by atoms with Gasteiger partial charge in [-0.05, 0) is 46.5 Å². The third-order valence-electron chi connectivity index (χ3n) is 2.71. The lowest BCUT2D eigenvalue weighted by molar-refractivity contribution is -0.0465. The van der Waals surface area contributed by atoms with E-state index in [1.807, 2.05) is 0 Å². The van der Waals surface area contributed by atoms with Gasteiger partial charge in [0.15, 0.2) is 6.29 Å². The molecule has 0 radical (unpaired) electrons. The van der Waals surface area contributed by atoms with Crippen LogP contribution in [0, 0.1) is 0 Å². The van der Waals surface area contributed by atoms with Crippen molar-refractivity contribution in [2.24, 2.45) is 0 Å². The molecule has 1 atom stereocenters. The number of hydrogen-bond acceptors (Lipinski definition) is 3. The summed E-state index contributed by atoms with van der Waals surface area (Å²) in [5.74, 6) is 0. The number of hydrogen-bond donors (Lipinski definition) is 3. The van der Waals surface area contributed by atoms with Gasteiger partial charge in [-0.2, -0.15) is 0 Å². The Morgan fingerprint density at radius 3 is 2.21 bits per heavy atom. The van der Waals surface area contributed by atoms with Crippen LogP contribution in [0.25, 0.3) is 0 Å². The van der Waals surface area contributed by atoms with E-state index in [1.54, 1.807) is 13.0 Å². The van der Waals surface area contributed by atoms with E-state index in [-0.39, 0.29) is 0 Å². The van der Waals surface area contributed by atoms with Gasteiger partial charge in [0, 0.05) is 0 Å². The van der Waals surface area contributed by atoms with Crippen LogP contribution < -0.4 is 0 Å². The van der Waals surface area contributed by atoms with Crippen LogP contribution in [0.3, 0.4) is 0 Å². The largest absolute Gasteiger partial charge is 0.386 e. The Morgan fingerprint density at radius 1 is 1.26 bits per heavy atom. The Bertz CT molecular complexity index is 238. The molecule has 1 unspecified atom stereocenters. The third-order valence-corrected chi connectivity index (χ3v) is 2.71. The summed E-state index contributed by atoms with van der Waals surface area (Å²) >= 11 is 0. The van der Waals surface area contributed by atoms with Crippen LogP contribution in [0.4, 0.5) is 0 Å². The smallest absolute Gasteiger partial charge is 0.151 e. The van der Waals surface area contributed by atoms with E-state index in [0.29, 0.717) is 6.42 Å². The molecule has 0 aromatic heterocycles. The summed E-state index contributed by atoms with van der Waals surface area (Å²) in [6.45, 7) is 11.5. The van der Waals surface area contributed by atoms with Crippen molar-refractivity contribution in [1.29, 1.82) is 0 Å². The summed E-state index contributed by atoms with van der Waals surface area (Å²) in [5, 5.41) is 26.2. The first kappa shape index (κ1) is 20.7. The highest BCUT2D eigenvalue weighted by Gasteiger charge is 2.12. The summed E-state index contributed by atoms with van der Waals surface area (Å²) < 4.78 is 0. The number of rotatable bonds is 8. The highest BCUT2D eigenvalue weighted by atomic mass is 16.5. The maximum absolute atomic E-state index is 9.49. The summed E-state index contributed by atoms with van der Waals surface area (Å²) in [7, 11) is 0. The van der Waals surface area contributed by atoms with Crippen molar-refractivity contribution < 1.29 is 15.3 Å². The Kier molecular flexibility index (Phi) is 13.5. The van der Waals surface area contributed by atoms with E-state index in [2.05, 4.69) is 33.4 Å². The SMILES string of the molecule is C=CC(C)(O)CCC=C(C)C.CCCCCC(O)O. The molecule has 19 heavy (non-hydrogen) atoms. The molecule has 0 heterocycles. The molecule has 3 N–H and O–H groups in total. The van der Waals surface area contributed by atoms with Gasteiger partial charge in [0.05, 0.1) is 5.60 Å². The minimum absolute atomic E-state index is 0.522. The van der Waals surface area contributed by atoms with Gasteiger partial charge in [-0.25, -0.2) is 0 Å². The van der Waals surface area contributed by atoms with Gasteiger partial charge >= 0.3 is 0 Å². The molecule has 0 aromatic carbocycles. The fraction of sp³-hybridized carbons (Fsp3) is 0.750. The summed E-state index contributed by atoms with van der Waals surface area (Å²) in [6, 6.07) is 0. The minimum atomic E-state index is -1.10. The van der Waals surface area contributed by atoms with Gasteiger partial charge in [-0.15, -0.1) is 6.58 Å². The average molecular weight is 272 g/mol. The zero-order valence-electron chi connectivity index (χ0n) is 13.0. The zero-order valence-corrected chi connectivity index (χ0v) is 13.0. The highest BCUT2D eigenvalue weighted by molar-refractivity contribution is 4.97. The molecule has 0 bridgehead atoms. The molecule has 0 amide bonds. The topological polar surface area (TPSA) is 60.7 Å². The molecule has 0 aliphatic rings. The molecule has 0 aliphatic carbocycles. The van der Waals surface area contributed by atoms with E-state index in [9.17, 15) is 5.11 Å². The lowest BCUT2D eigenvalue weighted by atomic mass is 10.00. The van der Waals surface area contributed by atoms with Gasteiger partial charge in [0.25, 0.3) is 0 Å². The number of aliphatic hydroxyl groups is 3. The van der Waals surface area contributed by atoms with Gasteiger partial charge in [0.2, 0.25) is 0 Å². The lowest BCUT2D eigenvalue weighted by Crippen LogP contribution is -2.19. The van der Waals surface area contributed by atoms with Crippen LogP contribution in [0.5, 0.6) is 0 Å². The number of allylic oxidation sites excluding steroid dienone is 2. The third kappa shape index (κ3) is 19.9. The quantitative estimate of drug-likeness (QED) is 0.360. The van der Waals surface area contributed by atoms with E-state index in [0.717, 1.165) is 32.1 Å². The molecule has 3 nitrogen and oxygen atoms in total. The van der Waals surface area contributed by atoms with Gasteiger partial charge < -0.3 is 15.3 Å². The molecule has 114 valence electrons. The predicted molar refractivity (Wildman–Crippen MR) is 81.9 cm³/mol. The first-order valence-corrected chi connectivity index (χ1v) is 7.10. The van der Waals surface area contributed by atoms with Gasteiger partial charge in [-0.3, -0.25) is 0 Å². The second kappa shape index (κ2) is 12.4. The van der Waals surface area contributed by atoms with Crippen LogP contribution in [-0.2, 0) is 0 Å². The summed E-state index contributed by atoms with van der Waals surface area (Å²) in [6.07, 6.45) is 7.96.